The van der Waals surface area contributed by atoms with Gasteiger partial charge in [0.15, 0.2) is 0 Å². The van der Waals surface area contributed by atoms with Gasteiger partial charge < -0.3 is 4.74 Å². The molecule has 0 aliphatic heterocycles. The normalized spacial score (nSPS) is 9.73. The molecule has 4 nitrogen and oxygen atoms in total. The van der Waals surface area contributed by atoms with Crippen LogP contribution in [0.25, 0.3) is 0 Å². The molecule has 0 saturated heterocycles. The Morgan fingerprint density at radius 2 is 2.36 bits per heavy atom. The number of aromatic nitrogens is 2. The second kappa shape index (κ2) is 2.92. The molecule has 0 spiro atoms. The maximum atomic E-state index is 10.9. The Kier molecular flexibility index (Phi) is 2.14. The Bertz CT molecular complexity index is 321. The Hall–Kier alpha value is -1.03. The maximum absolute atomic E-state index is 10.9. The van der Waals surface area contributed by atoms with Crippen LogP contribution in [-0.4, -0.2) is 16.9 Å². The minimum absolute atomic E-state index is 0.232. The Labute approximate surface area is 68.4 Å². The number of hydrogen-bond donors (Lipinski definition) is 0. The number of methoxy groups -OCH3 is 1. The van der Waals surface area contributed by atoms with Crippen LogP contribution in [0.15, 0.2) is 10.9 Å². The minimum atomic E-state index is -0.254. The Morgan fingerprint density at radius 3 is 2.91 bits per heavy atom. The zero-order valence-corrected chi connectivity index (χ0v) is 6.92. The van der Waals surface area contributed by atoms with Crippen LogP contribution in [0.5, 0.6) is 5.88 Å². The van der Waals surface area contributed by atoms with Crippen molar-refractivity contribution in [3.63, 3.8) is 0 Å². The smallest absolute Gasteiger partial charge is 0.268 e. The summed E-state index contributed by atoms with van der Waals surface area (Å²) in [4.78, 5) is 10.9. The molecule has 1 heterocycles. The molecule has 1 rings (SSSR count). The molecule has 5 heteroatoms. The van der Waals surface area contributed by atoms with Crippen molar-refractivity contribution in [2.75, 3.05) is 7.11 Å². The van der Waals surface area contributed by atoms with E-state index >= 15 is 0 Å². The summed E-state index contributed by atoms with van der Waals surface area (Å²) in [5.41, 5.74) is -0.254. The van der Waals surface area contributed by atoms with Crippen molar-refractivity contribution >= 4 is 11.6 Å². The molecule has 11 heavy (non-hydrogen) atoms. The molecule has 0 atom stereocenters. The van der Waals surface area contributed by atoms with Crippen molar-refractivity contribution in [2.45, 2.75) is 0 Å². The average molecular weight is 175 g/mol. The Morgan fingerprint density at radius 1 is 1.73 bits per heavy atom. The van der Waals surface area contributed by atoms with E-state index in [2.05, 4.69) is 5.10 Å². The van der Waals surface area contributed by atoms with Gasteiger partial charge in [-0.1, -0.05) is 11.6 Å². The maximum Gasteiger partial charge on any atom is 0.268 e. The Balaban J connectivity index is 3.32. The SMILES string of the molecule is COc1nn(C)c(=O)cc1Cl. The molecule has 1 aromatic rings. The van der Waals surface area contributed by atoms with Gasteiger partial charge in [0.2, 0.25) is 5.88 Å². The van der Waals surface area contributed by atoms with Gasteiger partial charge in [-0.25, -0.2) is 4.68 Å². The van der Waals surface area contributed by atoms with E-state index < -0.39 is 0 Å². The number of aryl methyl sites for hydroxylation is 1. The quantitative estimate of drug-likeness (QED) is 0.621. The predicted molar refractivity (Wildman–Crippen MR) is 41.0 cm³/mol. The topological polar surface area (TPSA) is 44.1 Å². The van der Waals surface area contributed by atoms with Crippen LogP contribution >= 0.6 is 11.6 Å². The molecule has 1 aromatic heterocycles. The summed E-state index contributed by atoms with van der Waals surface area (Å²) in [6.07, 6.45) is 0. The number of hydrogen-bond acceptors (Lipinski definition) is 3. The third-order valence-corrected chi connectivity index (χ3v) is 1.48. The summed E-state index contributed by atoms with van der Waals surface area (Å²) in [7, 11) is 2.97. The highest BCUT2D eigenvalue weighted by atomic mass is 35.5. The molecule has 0 fully saturated rings. The van der Waals surface area contributed by atoms with Crippen molar-refractivity contribution in [2.24, 2.45) is 7.05 Å². The highest BCUT2D eigenvalue weighted by Gasteiger charge is 2.03. The predicted octanol–water partition coefficient (Wildman–Crippen LogP) is 0.442. The van der Waals surface area contributed by atoms with Crippen molar-refractivity contribution in [3.05, 3.63) is 21.4 Å². The van der Waals surface area contributed by atoms with Gasteiger partial charge >= 0.3 is 0 Å². The van der Waals surface area contributed by atoms with Crippen molar-refractivity contribution in [1.29, 1.82) is 0 Å². The molecule has 0 radical (unpaired) electrons. The van der Waals surface area contributed by atoms with E-state index in [1.54, 1.807) is 0 Å². The van der Waals surface area contributed by atoms with E-state index in [0.717, 1.165) is 4.68 Å². The third kappa shape index (κ3) is 1.51. The van der Waals surface area contributed by atoms with Crippen molar-refractivity contribution < 1.29 is 4.74 Å². The van der Waals surface area contributed by atoms with Crippen LogP contribution in [-0.2, 0) is 7.05 Å². The molecular weight excluding hydrogens is 168 g/mol. The summed E-state index contributed by atoms with van der Waals surface area (Å²) in [6.45, 7) is 0. The fourth-order valence-corrected chi connectivity index (χ4v) is 0.843. The second-order valence-corrected chi connectivity index (χ2v) is 2.37. The van der Waals surface area contributed by atoms with Gasteiger partial charge in [-0.15, -0.1) is 5.10 Å². The first-order valence-electron chi connectivity index (χ1n) is 2.93. The monoisotopic (exact) mass is 174 g/mol. The summed E-state index contributed by atoms with van der Waals surface area (Å²) in [6, 6.07) is 1.26. The van der Waals surface area contributed by atoms with Gasteiger partial charge in [0, 0.05) is 13.1 Å². The van der Waals surface area contributed by atoms with Crippen molar-refractivity contribution in [3.8, 4) is 5.88 Å². The molecule has 0 N–H and O–H groups in total. The zero-order valence-electron chi connectivity index (χ0n) is 6.17. The summed E-state index contributed by atoms with van der Waals surface area (Å²) in [5, 5.41) is 3.97. The standard InChI is InChI=1S/C6H7ClN2O2/c1-9-5(10)3-4(7)6(8-9)11-2/h3H,1-2H3. The van der Waals surface area contributed by atoms with E-state index in [0.29, 0.717) is 0 Å². The number of ether oxygens (including phenoxy) is 1. The van der Waals surface area contributed by atoms with Gasteiger partial charge in [0.1, 0.15) is 5.02 Å². The minimum Gasteiger partial charge on any atom is -0.479 e. The number of rotatable bonds is 1. The first kappa shape index (κ1) is 8.07. The van der Waals surface area contributed by atoms with E-state index in [9.17, 15) is 4.79 Å². The van der Waals surface area contributed by atoms with Crippen LogP contribution in [0, 0.1) is 0 Å². The van der Waals surface area contributed by atoms with E-state index in [1.165, 1.54) is 20.2 Å². The van der Waals surface area contributed by atoms with Crippen LogP contribution in [0.4, 0.5) is 0 Å². The van der Waals surface area contributed by atoms with E-state index in [-0.39, 0.29) is 16.5 Å². The first-order chi connectivity index (χ1) is 5.15. The van der Waals surface area contributed by atoms with Gasteiger partial charge in [-0.05, 0) is 0 Å². The van der Waals surface area contributed by atoms with Crippen LogP contribution in [0.2, 0.25) is 5.02 Å². The molecule has 0 saturated carbocycles. The third-order valence-electron chi connectivity index (χ3n) is 1.21. The summed E-state index contributed by atoms with van der Waals surface area (Å²) in [5.74, 6) is 0.258. The lowest BCUT2D eigenvalue weighted by Crippen LogP contribution is -2.18. The largest absolute Gasteiger partial charge is 0.479 e. The highest BCUT2D eigenvalue weighted by Crippen LogP contribution is 2.16. The number of nitrogens with zero attached hydrogens (tertiary/aromatic N) is 2. The highest BCUT2D eigenvalue weighted by molar-refractivity contribution is 6.31. The zero-order chi connectivity index (χ0) is 8.43. The molecule has 60 valence electrons. The van der Waals surface area contributed by atoms with Gasteiger partial charge in [-0.3, -0.25) is 4.79 Å². The molecule has 0 unspecified atom stereocenters. The van der Waals surface area contributed by atoms with Crippen LogP contribution < -0.4 is 10.3 Å². The lowest BCUT2D eigenvalue weighted by Gasteiger charge is -2.01. The summed E-state index contributed by atoms with van der Waals surface area (Å²) >= 11 is 5.60. The van der Waals surface area contributed by atoms with Gasteiger partial charge in [0.05, 0.1) is 7.11 Å². The molecule has 0 bridgehead atoms. The first-order valence-corrected chi connectivity index (χ1v) is 3.31. The lowest BCUT2D eigenvalue weighted by atomic mass is 10.5. The molecular formula is C6H7ClN2O2. The fourth-order valence-electron chi connectivity index (χ4n) is 0.635. The fraction of sp³-hybridized carbons (Fsp3) is 0.333. The molecule has 0 aliphatic rings. The average Bonchev–Trinajstić information content (AvgIpc) is 1.97. The van der Waals surface area contributed by atoms with Gasteiger partial charge in [0.25, 0.3) is 5.56 Å². The van der Waals surface area contributed by atoms with E-state index in [1.807, 2.05) is 0 Å². The summed E-state index contributed by atoms with van der Waals surface area (Å²) < 4.78 is 5.94. The molecule has 0 aromatic carbocycles. The van der Waals surface area contributed by atoms with Crippen LogP contribution in [0.1, 0.15) is 0 Å². The second-order valence-electron chi connectivity index (χ2n) is 1.96. The van der Waals surface area contributed by atoms with Gasteiger partial charge in [-0.2, -0.15) is 0 Å². The van der Waals surface area contributed by atoms with Crippen molar-refractivity contribution in [1.82, 2.24) is 9.78 Å². The number of halogens is 1. The van der Waals surface area contributed by atoms with Crippen LogP contribution in [0.3, 0.4) is 0 Å². The molecule has 0 aliphatic carbocycles. The van der Waals surface area contributed by atoms with E-state index in [4.69, 9.17) is 16.3 Å². The molecule has 0 amide bonds. The lowest BCUT2D eigenvalue weighted by molar-refractivity contribution is 0.382.